The van der Waals surface area contributed by atoms with Gasteiger partial charge in [0.1, 0.15) is 17.2 Å². The van der Waals surface area contributed by atoms with E-state index in [9.17, 15) is 13.2 Å². The number of anilines is 1. The van der Waals surface area contributed by atoms with E-state index in [1.165, 1.54) is 11.8 Å². The summed E-state index contributed by atoms with van der Waals surface area (Å²) in [6.45, 7) is 2.81. The second-order valence-electron chi connectivity index (χ2n) is 9.54. The predicted octanol–water partition coefficient (Wildman–Crippen LogP) is 4.26. The van der Waals surface area contributed by atoms with Crippen molar-refractivity contribution in [1.29, 1.82) is 0 Å². The third-order valence-electron chi connectivity index (χ3n) is 7.43. The van der Waals surface area contributed by atoms with Gasteiger partial charge in [0.25, 0.3) is 0 Å². The van der Waals surface area contributed by atoms with Crippen LogP contribution in [0.5, 0.6) is 0 Å². The van der Waals surface area contributed by atoms with Crippen molar-refractivity contribution in [1.82, 2.24) is 30.2 Å². The number of fused-ring (bicyclic) bond motifs is 3. The summed E-state index contributed by atoms with van der Waals surface area (Å²) in [4.78, 5) is 23.2. The average Bonchev–Trinajstić information content (AvgIpc) is 3.20. The summed E-state index contributed by atoms with van der Waals surface area (Å²) >= 11 is 0. The highest BCUT2D eigenvalue weighted by Crippen LogP contribution is 2.46. The Morgan fingerprint density at radius 3 is 2.76 bits per heavy atom. The van der Waals surface area contributed by atoms with E-state index in [2.05, 4.69) is 25.2 Å². The van der Waals surface area contributed by atoms with Crippen LogP contribution in [0.1, 0.15) is 36.4 Å². The van der Waals surface area contributed by atoms with E-state index in [0.29, 0.717) is 34.7 Å². The van der Waals surface area contributed by atoms with Gasteiger partial charge in [0.05, 0.1) is 11.7 Å². The molecule has 174 valence electrons. The standard InChI is InChI=1S/C24H22F3N7/c25-24(26,27)19-7-15-14(3-5-30-21(15)32-19)22-31-17-10-29-9-16(12-1-2-12)20(17)23(33-22)34-6-4-13-8-28-11-18(13)34/h3,5,7,9-10,12-13,18,28H,1-2,4,6,8,11H2,(H,30,32)/t13-,18+/m1/s1. The Labute approximate surface area is 192 Å². The zero-order chi connectivity index (χ0) is 23.0. The van der Waals surface area contributed by atoms with Crippen molar-refractivity contribution in [3.63, 3.8) is 0 Å². The van der Waals surface area contributed by atoms with E-state index >= 15 is 0 Å². The van der Waals surface area contributed by atoms with Crippen molar-refractivity contribution in [2.75, 3.05) is 24.5 Å². The molecule has 0 spiro atoms. The molecule has 4 aromatic heterocycles. The molecule has 2 aliphatic heterocycles. The smallest absolute Gasteiger partial charge is 0.351 e. The van der Waals surface area contributed by atoms with Crippen LogP contribution in [0.2, 0.25) is 0 Å². The van der Waals surface area contributed by atoms with Gasteiger partial charge in [0.15, 0.2) is 5.82 Å². The third kappa shape index (κ3) is 3.08. The van der Waals surface area contributed by atoms with Gasteiger partial charge in [-0.3, -0.25) is 4.98 Å². The van der Waals surface area contributed by atoms with E-state index in [0.717, 1.165) is 61.7 Å². The molecule has 0 bridgehead atoms. The first kappa shape index (κ1) is 20.1. The van der Waals surface area contributed by atoms with Gasteiger partial charge in [0, 0.05) is 54.4 Å². The largest absolute Gasteiger partial charge is 0.431 e. The van der Waals surface area contributed by atoms with Crippen LogP contribution in [0.25, 0.3) is 33.3 Å². The number of alkyl halides is 3. The predicted molar refractivity (Wildman–Crippen MR) is 122 cm³/mol. The number of rotatable bonds is 3. The minimum absolute atomic E-state index is 0.168. The molecule has 2 N–H and O–H groups in total. The number of nitrogens with one attached hydrogen (secondary N) is 2. The van der Waals surface area contributed by atoms with Crippen LogP contribution in [0.15, 0.2) is 30.7 Å². The number of aromatic amines is 1. The van der Waals surface area contributed by atoms with Crippen molar-refractivity contribution in [3.05, 3.63) is 42.0 Å². The van der Waals surface area contributed by atoms with Gasteiger partial charge in [-0.2, -0.15) is 13.2 Å². The lowest BCUT2D eigenvalue weighted by Gasteiger charge is -2.27. The van der Waals surface area contributed by atoms with Crippen molar-refractivity contribution in [2.24, 2.45) is 5.92 Å². The Hall–Kier alpha value is -3.27. The van der Waals surface area contributed by atoms with Gasteiger partial charge < -0.3 is 15.2 Å². The van der Waals surface area contributed by atoms with Crippen LogP contribution in [0, 0.1) is 5.92 Å². The number of pyridine rings is 2. The van der Waals surface area contributed by atoms with Crippen LogP contribution in [0.3, 0.4) is 0 Å². The molecule has 0 radical (unpaired) electrons. The highest BCUT2D eigenvalue weighted by atomic mass is 19.4. The van der Waals surface area contributed by atoms with Gasteiger partial charge in [-0.25, -0.2) is 15.0 Å². The molecule has 0 amide bonds. The first-order valence-electron chi connectivity index (χ1n) is 11.7. The number of aromatic nitrogens is 5. The molecule has 3 fully saturated rings. The molecular formula is C24H22F3N7. The quantitative estimate of drug-likeness (QED) is 0.471. The van der Waals surface area contributed by atoms with E-state index in [1.54, 1.807) is 12.3 Å². The maximum atomic E-state index is 13.4. The summed E-state index contributed by atoms with van der Waals surface area (Å²) in [5.41, 5.74) is 1.77. The van der Waals surface area contributed by atoms with Crippen LogP contribution < -0.4 is 10.2 Å². The zero-order valence-electron chi connectivity index (χ0n) is 18.2. The molecule has 6 heterocycles. The summed E-state index contributed by atoms with van der Waals surface area (Å²) < 4.78 is 40.1. The lowest BCUT2D eigenvalue weighted by atomic mass is 10.0. The summed E-state index contributed by atoms with van der Waals surface area (Å²) in [5.74, 6) is 2.31. The minimum atomic E-state index is -4.49. The molecule has 10 heteroatoms. The Bertz CT molecular complexity index is 1430. The molecule has 2 saturated heterocycles. The molecule has 1 saturated carbocycles. The zero-order valence-corrected chi connectivity index (χ0v) is 18.2. The number of nitrogens with zero attached hydrogens (tertiary/aromatic N) is 5. The fourth-order valence-electron chi connectivity index (χ4n) is 5.61. The van der Waals surface area contributed by atoms with Gasteiger partial charge in [-0.15, -0.1) is 0 Å². The van der Waals surface area contributed by atoms with Gasteiger partial charge in [-0.05, 0) is 48.8 Å². The van der Waals surface area contributed by atoms with Crippen LogP contribution in [-0.2, 0) is 6.18 Å². The monoisotopic (exact) mass is 465 g/mol. The Balaban J connectivity index is 1.46. The first-order valence-corrected chi connectivity index (χ1v) is 11.7. The number of hydrogen-bond acceptors (Lipinski definition) is 6. The average molecular weight is 465 g/mol. The normalized spacial score (nSPS) is 22.7. The molecule has 1 aliphatic carbocycles. The molecule has 7 rings (SSSR count). The van der Waals surface area contributed by atoms with Crippen molar-refractivity contribution in [2.45, 2.75) is 37.4 Å². The molecule has 0 unspecified atom stereocenters. The third-order valence-corrected chi connectivity index (χ3v) is 7.43. The molecule has 4 aromatic rings. The highest BCUT2D eigenvalue weighted by Gasteiger charge is 2.40. The Morgan fingerprint density at radius 2 is 1.94 bits per heavy atom. The number of H-pyrrole nitrogens is 1. The summed E-state index contributed by atoms with van der Waals surface area (Å²) in [7, 11) is 0. The lowest BCUT2D eigenvalue weighted by Crippen LogP contribution is -2.35. The summed E-state index contributed by atoms with van der Waals surface area (Å²) in [6, 6.07) is 3.13. The molecule has 34 heavy (non-hydrogen) atoms. The molecule has 3 aliphatic rings. The SMILES string of the molecule is FC(F)(F)c1cc2c(-c3nc(N4CC[C@@H]5CNC[C@@H]54)c4c(C5CC5)cncc4n3)ccnc2[nH]1. The van der Waals surface area contributed by atoms with Gasteiger partial charge in [-0.1, -0.05) is 0 Å². The Morgan fingerprint density at radius 1 is 1.06 bits per heavy atom. The minimum Gasteiger partial charge on any atom is -0.351 e. The van der Waals surface area contributed by atoms with Crippen LogP contribution in [0.4, 0.5) is 19.0 Å². The summed E-state index contributed by atoms with van der Waals surface area (Å²) in [5, 5.41) is 4.88. The van der Waals surface area contributed by atoms with Crippen molar-refractivity contribution in [3.8, 4) is 11.4 Å². The molecule has 7 nitrogen and oxygen atoms in total. The number of halogens is 3. The fraction of sp³-hybridized carbons (Fsp3) is 0.417. The van der Waals surface area contributed by atoms with Crippen LogP contribution >= 0.6 is 0 Å². The van der Waals surface area contributed by atoms with Gasteiger partial charge in [0.2, 0.25) is 0 Å². The molecular weight excluding hydrogens is 443 g/mol. The Kier molecular flexibility index (Phi) is 4.21. The fourth-order valence-corrected chi connectivity index (χ4v) is 5.61. The van der Waals surface area contributed by atoms with Crippen molar-refractivity contribution >= 4 is 27.8 Å². The number of hydrogen-bond donors (Lipinski definition) is 2. The second-order valence-corrected chi connectivity index (χ2v) is 9.54. The van der Waals surface area contributed by atoms with E-state index in [4.69, 9.17) is 9.97 Å². The maximum absolute atomic E-state index is 13.4. The first-order chi connectivity index (χ1) is 16.5. The molecule has 2 atom stereocenters. The highest BCUT2D eigenvalue weighted by molar-refractivity contribution is 5.97. The van der Waals surface area contributed by atoms with Gasteiger partial charge >= 0.3 is 6.18 Å². The van der Waals surface area contributed by atoms with E-state index in [-0.39, 0.29) is 5.65 Å². The van der Waals surface area contributed by atoms with Crippen molar-refractivity contribution < 1.29 is 13.2 Å². The van der Waals surface area contributed by atoms with Crippen LogP contribution in [-0.4, -0.2) is 50.6 Å². The second kappa shape index (κ2) is 7.11. The maximum Gasteiger partial charge on any atom is 0.431 e. The lowest BCUT2D eigenvalue weighted by molar-refractivity contribution is -0.140. The molecule has 0 aromatic carbocycles. The topological polar surface area (TPSA) is 82.6 Å². The van der Waals surface area contributed by atoms with E-state index in [1.807, 2.05) is 6.20 Å². The summed E-state index contributed by atoms with van der Waals surface area (Å²) in [6.07, 6.45) is 4.03. The van der Waals surface area contributed by atoms with E-state index < -0.39 is 11.9 Å².